The summed E-state index contributed by atoms with van der Waals surface area (Å²) >= 11 is 0. The Kier molecular flexibility index (Phi) is 12.6. The highest BCUT2D eigenvalue weighted by Gasteiger charge is 2.18. The van der Waals surface area contributed by atoms with Crippen LogP contribution in [0.25, 0.3) is 0 Å². The van der Waals surface area contributed by atoms with E-state index in [2.05, 4.69) is 19.2 Å². The van der Waals surface area contributed by atoms with Crippen LogP contribution in [0.1, 0.15) is 52.5 Å². The van der Waals surface area contributed by atoms with Crippen LogP contribution in [0.15, 0.2) is 24.3 Å². The van der Waals surface area contributed by atoms with Crippen LogP contribution >= 0.6 is 0 Å². The molecule has 170 valence electrons. The zero-order chi connectivity index (χ0) is 22.4. The molecule has 1 unspecified atom stereocenters. The number of nitrogens with zero attached hydrogens (tertiary/aromatic N) is 1. The summed E-state index contributed by atoms with van der Waals surface area (Å²) in [6.07, 6.45) is 2.42. The molecule has 0 aliphatic rings. The lowest BCUT2D eigenvalue weighted by Gasteiger charge is -2.23. The zero-order valence-corrected chi connectivity index (χ0v) is 18.9. The number of carbonyl (C=O) groups is 2. The first kappa shape index (κ1) is 25.8. The monoisotopic (exact) mass is 422 g/mol. The molecule has 0 spiro atoms. The summed E-state index contributed by atoms with van der Waals surface area (Å²) in [5.74, 6) is 0.345. The van der Waals surface area contributed by atoms with Crippen LogP contribution in [-0.2, 0) is 16.0 Å². The van der Waals surface area contributed by atoms with Crippen molar-refractivity contribution in [2.45, 2.75) is 59.5 Å². The number of ether oxygens (including phenoxy) is 2. The lowest BCUT2D eigenvalue weighted by molar-refractivity contribution is -0.149. The number of carboxylic acid groups (broad SMARTS) is 1. The number of aliphatic carboxylic acids is 1. The number of amides is 2. The van der Waals surface area contributed by atoms with Gasteiger partial charge in [-0.05, 0) is 49.8 Å². The molecule has 0 aliphatic heterocycles. The Balaban J connectivity index is 2.54. The maximum atomic E-state index is 12.4. The van der Waals surface area contributed by atoms with Crippen molar-refractivity contribution in [1.29, 1.82) is 0 Å². The summed E-state index contributed by atoms with van der Waals surface area (Å²) in [4.78, 5) is 25.4. The van der Waals surface area contributed by atoms with E-state index in [4.69, 9.17) is 9.47 Å². The Morgan fingerprint density at radius 2 is 1.83 bits per heavy atom. The largest absolute Gasteiger partial charge is 0.492 e. The summed E-state index contributed by atoms with van der Waals surface area (Å²) in [5, 5.41) is 12.1. The number of benzene rings is 1. The minimum atomic E-state index is -0.962. The van der Waals surface area contributed by atoms with E-state index in [0.29, 0.717) is 50.9 Å². The highest BCUT2D eigenvalue weighted by molar-refractivity contribution is 5.74. The van der Waals surface area contributed by atoms with Crippen molar-refractivity contribution in [3.63, 3.8) is 0 Å². The van der Waals surface area contributed by atoms with Gasteiger partial charge in [0, 0.05) is 26.1 Å². The predicted octanol–water partition coefficient (Wildman–Crippen LogP) is 3.96. The smallest absolute Gasteiger partial charge is 0.333 e. The van der Waals surface area contributed by atoms with Crippen LogP contribution in [0, 0.1) is 5.92 Å². The minimum Gasteiger partial charge on any atom is -0.492 e. The van der Waals surface area contributed by atoms with E-state index in [1.807, 2.05) is 36.1 Å². The Morgan fingerprint density at radius 3 is 2.40 bits per heavy atom. The second kappa shape index (κ2) is 14.7. The molecule has 2 N–H and O–H groups in total. The average molecular weight is 423 g/mol. The summed E-state index contributed by atoms with van der Waals surface area (Å²) in [7, 11) is 0. The van der Waals surface area contributed by atoms with E-state index < -0.39 is 12.1 Å². The average Bonchev–Trinajstić information content (AvgIpc) is 2.71. The van der Waals surface area contributed by atoms with Gasteiger partial charge in [0.2, 0.25) is 0 Å². The van der Waals surface area contributed by atoms with Gasteiger partial charge in [0.25, 0.3) is 0 Å². The summed E-state index contributed by atoms with van der Waals surface area (Å²) < 4.78 is 11.1. The van der Waals surface area contributed by atoms with E-state index in [0.717, 1.165) is 24.8 Å². The number of urea groups is 1. The van der Waals surface area contributed by atoms with Crippen molar-refractivity contribution in [1.82, 2.24) is 10.2 Å². The van der Waals surface area contributed by atoms with Crippen molar-refractivity contribution < 1.29 is 24.2 Å². The topological polar surface area (TPSA) is 88.1 Å². The fourth-order valence-electron chi connectivity index (χ4n) is 2.98. The first-order valence-corrected chi connectivity index (χ1v) is 11.0. The van der Waals surface area contributed by atoms with E-state index in [-0.39, 0.29) is 6.03 Å². The molecular formula is C23H38N2O5. The van der Waals surface area contributed by atoms with E-state index >= 15 is 0 Å². The number of carbonyl (C=O) groups excluding carboxylic acids is 1. The van der Waals surface area contributed by atoms with Crippen molar-refractivity contribution >= 4 is 12.0 Å². The molecule has 1 rings (SSSR count). The van der Waals surface area contributed by atoms with Gasteiger partial charge >= 0.3 is 12.0 Å². The third kappa shape index (κ3) is 10.5. The van der Waals surface area contributed by atoms with Gasteiger partial charge in [0.1, 0.15) is 12.4 Å². The van der Waals surface area contributed by atoms with Crippen molar-refractivity contribution in [3.05, 3.63) is 29.8 Å². The van der Waals surface area contributed by atoms with Gasteiger partial charge in [0.15, 0.2) is 6.10 Å². The molecule has 1 aromatic rings. The fraction of sp³-hybridized carbons (Fsp3) is 0.652. The third-order valence-corrected chi connectivity index (χ3v) is 4.64. The first-order chi connectivity index (χ1) is 14.4. The van der Waals surface area contributed by atoms with Gasteiger partial charge in [-0.25, -0.2) is 9.59 Å². The van der Waals surface area contributed by atoms with Gasteiger partial charge in [-0.15, -0.1) is 0 Å². The van der Waals surface area contributed by atoms with E-state index in [9.17, 15) is 14.7 Å². The molecule has 7 heteroatoms. The SMILES string of the molecule is CCCNC(=O)N(CCCC(C)C)CCOc1ccc(CC(OCC)C(=O)O)cc1. The van der Waals surface area contributed by atoms with Crippen LogP contribution in [0.3, 0.4) is 0 Å². The molecule has 0 saturated heterocycles. The van der Waals surface area contributed by atoms with Crippen LogP contribution in [0.4, 0.5) is 4.79 Å². The van der Waals surface area contributed by atoms with Gasteiger partial charge in [-0.2, -0.15) is 0 Å². The molecule has 0 fully saturated rings. The standard InChI is InChI=1S/C23H38N2O5/c1-5-13-24-23(28)25(14-7-8-18(3)4)15-16-30-20-11-9-19(10-12-20)17-21(22(26)27)29-6-2/h9-12,18,21H,5-8,13-17H2,1-4H3,(H,24,28)(H,26,27). The predicted molar refractivity (Wildman–Crippen MR) is 118 cm³/mol. The summed E-state index contributed by atoms with van der Waals surface area (Å²) in [5.41, 5.74) is 0.873. The van der Waals surface area contributed by atoms with Crippen LogP contribution in [-0.4, -0.2) is 61.0 Å². The molecule has 1 aromatic carbocycles. The van der Waals surface area contributed by atoms with Crippen LogP contribution in [0.2, 0.25) is 0 Å². The third-order valence-electron chi connectivity index (χ3n) is 4.64. The fourth-order valence-corrected chi connectivity index (χ4v) is 2.98. The Bertz CT molecular complexity index is 619. The van der Waals surface area contributed by atoms with Crippen LogP contribution < -0.4 is 10.1 Å². The Morgan fingerprint density at radius 1 is 1.13 bits per heavy atom. The molecule has 0 aromatic heterocycles. The van der Waals surface area contributed by atoms with E-state index in [1.54, 1.807) is 6.92 Å². The van der Waals surface area contributed by atoms with Gasteiger partial charge in [-0.3, -0.25) is 0 Å². The van der Waals surface area contributed by atoms with Gasteiger partial charge in [-0.1, -0.05) is 32.9 Å². The molecule has 7 nitrogen and oxygen atoms in total. The molecule has 0 aliphatic carbocycles. The number of hydrogen-bond acceptors (Lipinski definition) is 4. The molecule has 0 bridgehead atoms. The Hall–Kier alpha value is -2.28. The second-order valence-corrected chi connectivity index (χ2v) is 7.73. The molecule has 1 atom stereocenters. The number of carboxylic acids is 1. The summed E-state index contributed by atoms with van der Waals surface area (Å²) in [6.45, 7) is 10.8. The normalized spacial score (nSPS) is 11.9. The molecule has 2 amide bonds. The van der Waals surface area contributed by atoms with Gasteiger partial charge in [0.05, 0.1) is 6.54 Å². The molecule has 30 heavy (non-hydrogen) atoms. The zero-order valence-electron chi connectivity index (χ0n) is 18.9. The Labute approximate surface area is 180 Å². The first-order valence-electron chi connectivity index (χ1n) is 11.0. The number of nitrogens with one attached hydrogen (secondary N) is 1. The van der Waals surface area contributed by atoms with E-state index in [1.165, 1.54) is 0 Å². The maximum absolute atomic E-state index is 12.4. The quantitative estimate of drug-likeness (QED) is 0.447. The van der Waals surface area contributed by atoms with Crippen molar-refractivity contribution in [3.8, 4) is 5.75 Å². The molecule has 0 saturated carbocycles. The molecule has 0 heterocycles. The minimum absolute atomic E-state index is 0.0461. The molecular weight excluding hydrogens is 384 g/mol. The highest BCUT2D eigenvalue weighted by Crippen LogP contribution is 2.15. The second-order valence-electron chi connectivity index (χ2n) is 7.73. The van der Waals surface area contributed by atoms with Crippen molar-refractivity contribution in [2.24, 2.45) is 5.92 Å². The molecule has 0 radical (unpaired) electrons. The van der Waals surface area contributed by atoms with Gasteiger partial charge < -0.3 is 24.8 Å². The number of rotatable bonds is 15. The van der Waals surface area contributed by atoms with Crippen LogP contribution in [0.5, 0.6) is 5.75 Å². The van der Waals surface area contributed by atoms with Crippen molar-refractivity contribution in [2.75, 3.05) is 32.8 Å². The summed E-state index contributed by atoms with van der Waals surface area (Å²) in [6, 6.07) is 7.29. The lowest BCUT2D eigenvalue weighted by atomic mass is 10.1. The number of hydrogen-bond donors (Lipinski definition) is 2. The maximum Gasteiger partial charge on any atom is 0.333 e. The lowest BCUT2D eigenvalue weighted by Crippen LogP contribution is -2.42. The highest BCUT2D eigenvalue weighted by atomic mass is 16.5.